The van der Waals surface area contributed by atoms with E-state index in [1.54, 1.807) is 0 Å². The van der Waals surface area contributed by atoms with Gasteiger partial charge in [-0.2, -0.15) is 0 Å². The van der Waals surface area contributed by atoms with Gasteiger partial charge < -0.3 is 0 Å². The second-order valence-electron chi connectivity index (χ2n) is 2.47. The summed E-state index contributed by atoms with van der Waals surface area (Å²) in [6.45, 7) is 0. The average Bonchev–Trinajstić information content (AvgIpc) is 2.49. The fraction of sp³-hybridized carbons (Fsp3) is 0.125. The first-order valence-corrected chi connectivity index (χ1v) is 6.06. The number of pyridine rings is 1. The monoisotopic (exact) mass is 196 g/mol. The largest absolute Gasteiger partial charge is 0.287 e. The molecular formula is C8H8N2S2. The topological polar surface area (TPSA) is 17.8 Å². The molecular weight excluding hydrogens is 188 g/mol. The maximum absolute atomic E-state index is 5.20. The fourth-order valence-corrected chi connectivity index (χ4v) is 2.23. The van der Waals surface area contributed by atoms with Crippen molar-refractivity contribution in [3.05, 3.63) is 30.6 Å². The molecule has 4 heteroatoms. The SMILES string of the molecule is CS(=S)n1cccc2nccc1-2. The lowest BCUT2D eigenvalue weighted by atomic mass is 10.3. The summed E-state index contributed by atoms with van der Waals surface area (Å²) in [6, 6.07) is 5.96. The maximum Gasteiger partial charge on any atom is 0.0876 e. The Balaban J connectivity index is 2.71. The maximum atomic E-state index is 5.20. The summed E-state index contributed by atoms with van der Waals surface area (Å²) in [7, 11) is -0.172. The van der Waals surface area contributed by atoms with E-state index in [0.29, 0.717) is 0 Å². The number of rotatable bonds is 1. The van der Waals surface area contributed by atoms with Crippen LogP contribution in [0.15, 0.2) is 30.6 Å². The van der Waals surface area contributed by atoms with Crippen molar-refractivity contribution >= 4 is 20.8 Å². The van der Waals surface area contributed by atoms with Crippen molar-refractivity contribution < 1.29 is 0 Å². The third-order valence-electron chi connectivity index (χ3n) is 1.70. The summed E-state index contributed by atoms with van der Waals surface area (Å²) in [5.74, 6) is 0. The van der Waals surface area contributed by atoms with E-state index < -0.39 is 0 Å². The Labute approximate surface area is 78.3 Å². The van der Waals surface area contributed by atoms with Crippen LogP contribution < -0.4 is 0 Å². The average molecular weight is 196 g/mol. The molecule has 0 aromatic heterocycles. The summed E-state index contributed by atoms with van der Waals surface area (Å²) in [6.07, 6.45) is 5.82. The zero-order valence-electron chi connectivity index (χ0n) is 6.60. The number of aromatic nitrogens is 2. The van der Waals surface area contributed by atoms with Crippen LogP contribution in [-0.2, 0) is 20.8 Å². The van der Waals surface area contributed by atoms with E-state index in [2.05, 4.69) is 8.96 Å². The fourth-order valence-electron chi connectivity index (χ4n) is 1.17. The van der Waals surface area contributed by atoms with Crippen LogP contribution in [0.2, 0.25) is 0 Å². The Kier molecular flexibility index (Phi) is 1.94. The zero-order valence-corrected chi connectivity index (χ0v) is 8.23. The van der Waals surface area contributed by atoms with Gasteiger partial charge in [-0.25, -0.2) is 0 Å². The summed E-state index contributed by atoms with van der Waals surface area (Å²) in [5, 5.41) is 0. The highest BCUT2D eigenvalue weighted by molar-refractivity contribution is 8.27. The highest BCUT2D eigenvalue weighted by atomic mass is 32.8. The number of hydrogen-bond donors (Lipinski definition) is 0. The first kappa shape index (κ1) is 7.89. The van der Waals surface area contributed by atoms with Crippen molar-refractivity contribution in [1.29, 1.82) is 0 Å². The third kappa shape index (κ3) is 1.17. The highest BCUT2D eigenvalue weighted by Gasteiger charge is 2.06. The van der Waals surface area contributed by atoms with E-state index in [1.807, 2.05) is 36.8 Å². The van der Waals surface area contributed by atoms with Gasteiger partial charge >= 0.3 is 0 Å². The summed E-state index contributed by atoms with van der Waals surface area (Å²) in [4.78, 5) is 4.20. The van der Waals surface area contributed by atoms with Crippen molar-refractivity contribution in [2.45, 2.75) is 0 Å². The smallest absolute Gasteiger partial charge is 0.0876 e. The first-order chi connectivity index (χ1) is 5.79. The van der Waals surface area contributed by atoms with Crippen LogP contribution in [0.1, 0.15) is 0 Å². The third-order valence-corrected chi connectivity index (χ3v) is 3.05. The molecule has 2 aliphatic rings. The Hall–Kier alpha value is -0.740. The van der Waals surface area contributed by atoms with E-state index in [1.165, 1.54) is 0 Å². The Morgan fingerprint density at radius 2 is 2.33 bits per heavy atom. The van der Waals surface area contributed by atoms with Crippen molar-refractivity contribution in [3.8, 4) is 11.4 Å². The zero-order chi connectivity index (χ0) is 8.55. The molecule has 12 heavy (non-hydrogen) atoms. The van der Waals surface area contributed by atoms with E-state index in [-0.39, 0.29) is 9.64 Å². The lowest BCUT2D eigenvalue weighted by Gasteiger charge is -2.09. The lowest BCUT2D eigenvalue weighted by molar-refractivity contribution is 1.22. The molecule has 1 atom stereocenters. The van der Waals surface area contributed by atoms with E-state index in [9.17, 15) is 0 Å². The Bertz CT molecular complexity index is 394. The van der Waals surface area contributed by atoms with Crippen LogP contribution in [0.5, 0.6) is 0 Å². The first-order valence-electron chi connectivity index (χ1n) is 3.55. The number of fused-ring (bicyclic) bond motifs is 1. The summed E-state index contributed by atoms with van der Waals surface area (Å²) in [5.41, 5.74) is 2.14. The van der Waals surface area contributed by atoms with Crippen LogP contribution in [0.4, 0.5) is 0 Å². The molecule has 0 N–H and O–H groups in total. The molecule has 62 valence electrons. The van der Waals surface area contributed by atoms with Crippen LogP contribution in [0.25, 0.3) is 11.4 Å². The van der Waals surface area contributed by atoms with Crippen molar-refractivity contribution in [2.24, 2.45) is 0 Å². The van der Waals surface area contributed by atoms with Crippen LogP contribution in [0, 0.1) is 0 Å². The second kappa shape index (κ2) is 2.95. The van der Waals surface area contributed by atoms with E-state index >= 15 is 0 Å². The Morgan fingerprint density at radius 3 is 3.08 bits per heavy atom. The minimum absolute atomic E-state index is 0.172. The van der Waals surface area contributed by atoms with Gasteiger partial charge in [-0.05, 0) is 39.0 Å². The lowest BCUT2D eigenvalue weighted by Crippen LogP contribution is -2.03. The molecule has 0 radical (unpaired) electrons. The highest BCUT2D eigenvalue weighted by Crippen LogP contribution is 2.19. The van der Waals surface area contributed by atoms with Crippen LogP contribution in [0.3, 0.4) is 0 Å². The van der Waals surface area contributed by atoms with Gasteiger partial charge in [0.2, 0.25) is 0 Å². The molecule has 0 aliphatic carbocycles. The van der Waals surface area contributed by atoms with Gasteiger partial charge in [0.05, 0.1) is 11.4 Å². The number of nitrogens with zero attached hydrogens (tertiary/aromatic N) is 2. The molecule has 0 bridgehead atoms. The van der Waals surface area contributed by atoms with Gasteiger partial charge in [-0.3, -0.25) is 8.96 Å². The van der Waals surface area contributed by atoms with Gasteiger partial charge in [0.15, 0.2) is 0 Å². The standard InChI is InChI=1S/C8H8N2S2/c1-12(11)10-6-2-3-7-8(10)4-5-9-7/h2-6H,1H3. The minimum Gasteiger partial charge on any atom is -0.287 e. The molecule has 0 saturated heterocycles. The second-order valence-corrected chi connectivity index (χ2v) is 5.16. The molecule has 0 aromatic carbocycles. The Morgan fingerprint density at radius 1 is 1.50 bits per heavy atom. The molecule has 0 fully saturated rings. The molecule has 2 heterocycles. The molecule has 2 nitrogen and oxygen atoms in total. The molecule has 0 aromatic rings. The van der Waals surface area contributed by atoms with Crippen molar-refractivity contribution in [3.63, 3.8) is 0 Å². The molecule has 2 aliphatic heterocycles. The normalized spacial score (nSPS) is 13.4. The van der Waals surface area contributed by atoms with Gasteiger partial charge in [-0.15, -0.1) is 0 Å². The number of hydrogen-bond acceptors (Lipinski definition) is 2. The quantitative estimate of drug-likeness (QED) is 0.687. The van der Waals surface area contributed by atoms with Crippen LogP contribution in [-0.4, -0.2) is 15.2 Å². The van der Waals surface area contributed by atoms with Crippen molar-refractivity contribution in [1.82, 2.24) is 8.96 Å². The van der Waals surface area contributed by atoms with Gasteiger partial charge in [0, 0.05) is 18.6 Å². The summed E-state index contributed by atoms with van der Waals surface area (Å²) < 4.78 is 2.07. The predicted molar refractivity (Wildman–Crippen MR) is 54.9 cm³/mol. The van der Waals surface area contributed by atoms with Crippen LogP contribution >= 0.6 is 0 Å². The molecule has 0 amide bonds. The van der Waals surface area contributed by atoms with E-state index in [4.69, 9.17) is 11.2 Å². The van der Waals surface area contributed by atoms with Gasteiger partial charge in [0.25, 0.3) is 0 Å². The molecule has 2 rings (SSSR count). The van der Waals surface area contributed by atoms with E-state index in [0.717, 1.165) is 11.4 Å². The summed E-state index contributed by atoms with van der Waals surface area (Å²) >= 11 is 5.20. The van der Waals surface area contributed by atoms with Gasteiger partial charge in [-0.1, -0.05) is 0 Å². The van der Waals surface area contributed by atoms with Crippen molar-refractivity contribution in [2.75, 3.05) is 6.26 Å². The molecule has 0 saturated carbocycles. The minimum atomic E-state index is -0.172. The van der Waals surface area contributed by atoms with Gasteiger partial charge in [0.1, 0.15) is 0 Å². The predicted octanol–water partition coefficient (Wildman–Crippen LogP) is 1.46. The molecule has 0 spiro atoms. The molecule has 1 unspecified atom stereocenters.